The quantitative estimate of drug-likeness (QED) is 0.556. The normalized spacial score (nSPS) is 16.8. The molecule has 0 aromatic heterocycles. The maximum Gasteiger partial charge on any atom is 0.414 e. The fourth-order valence-electron chi connectivity index (χ4n) is 1.03. The second-order valence-corrected chi connectivity index (χ2v) is 2.45. The van der Waals surface area contributed by atoms with Crippen molar-refractivity contribution in [3.8, 4) is 0 Å². The summed E-state index contributed by atoms with van der Waals surface area (Å²) in [6.07, 6.45) is 0.0564. The number of imide groups is 1. The molecule has 0 aliphatic carbocycles. The third-order valence-electron chi connectivity index (χ3n) is 1.64. The third kappa shape index (κ3) is 1.66. The summed E-state index contributed by atoms with van der Waals surface area (Å²) in [5.41, 5.74) is -0.478. The van der Waals surface area contributed by atoms with Gasteiger partial charge in [-0.25, -0.2) is 14.5 Å². The largest absolute Gasteiger partial charge is 0.478 e. The lowest BCUT2D eigenvalue weighted by molar-refractivity contribution is -0.137. The van der Waals surface area contributed by atoms with E-state index in [2.05, 4.69) is 0 Å². The van der Waals surface area contributed by atoms with E-state index in [-0.39, 0.29) is 13.0 Å². The van der Waals surface area contributed by atoms with Crippen LogP contribution in [-0.2, 0) is 9.59 Å². The van der Waals surface area contributed by atoms with Gasteiger partial charge in [-0.15, -0.1) is 0 Å². The van der Waals surface area contributed by atoms with E-state index >= 15 is 0 Å². The first-order chi connectivity index (χ1) is 6.04. The molecule has 0 atom stereocenters. The summed E-state index contributed by atoms with van der Waals surface area (Å²) < 4.78 is 0. The molecule has 0 bridgehead atoms. The van der Waals surface area contributed by atoms with Crippen LogP contribution in [0.4, 0.5) is 4.79 Å². The lowest BCUT2D eigenvalue weighted by Gasteiger charge is -2.20. The highest BCUT2D eigenvalue weighted by Crippen LogP contribution is 2.11. The number of rotatable bonds is 1. The van der Waals surface area contributed by atoms with Crippen molar-refractivity contribution in [2.45, 2.75) is 6.42 Å². The molecule has 2 N–H and O–H groups in total. The molecule has 6 heteroatoms. The van der Waals surface area contributed by atoms with Gasteiger partial charge in [0, 0.05) is 6.54 Å². The average Bonchev–Trinajstić information content (AvgIpc) is 2.03. The maximum atomic E-state index is 11.1. The SMILES string of the molecule is O=C(O)C1=CCCN(C(=O)O)C1=O. The molecule has 1 heterocycles. The zero-order chi connectivity index (χ0) is 10.0. The van der Waals surface area contributed by atoms with Crippen molar-refractivity contribution in [2.75, 3.05) is 6.54 Å². The molecule has 1 rings (SSSR count). The van der Waals surface area contributed by atoms with Crippen molar-refractivity contribution in [3.63, 3.8) is 0 Å². The maximum absolute atomic E-state index is 11.1. The Bertz CT molecular complexity index is 306. The smallest absolute Gasteiger partial charge is 0.414 e. The van der Waals surface area contributed by atoms with Crippen LogP contribution in [0.2, 0.25) is 0 Å². The summed E-state index contributed by atoms with van der Waals surface area (Å²) in [7, 11) is 0. The van der Waals surface area contributed by atoms with Gasteiger partial charge >= 0.3 is 12.1 Å². The summed E-state index contributed by atoms with van der Waals surface area (Å²) in [5.74, 6) is -2.36. The molecule has 0 aromatic rings. The number of hydrogen-bond acceptors (Lipinski definition) is 3. The van der Waals surface area contributed by atoms with Crippen molar-refractivity contribution >= 4 is 18.0 Å². The topological polar surface area (TPSA) is 94.9 Å². The summed E-state index contributed by atoms with van der Waals surface area (Å²) in [4.78, 5) is 32.4. The lowest BCUT2D eigenvalue weighted by atomic mass is 10.1. The zero-order valence-corrected chi connectivity index (χ0v) is 6.56. The highest BCUT2D eigenvalue weighted by molar-refractivity contribution is 6.19. The number of aliphatic carboxylic acids is 1. The molecule has 13 heavy (non-hydrogen) atoms. The monoisotopic (exact) mass is 185 g/mol. The van der Waals surface area contributed by atoms with Crippen LogP contribution < -0.4 is 0 Å². The van der Waals surface area contributed by atoms with Crippen LogP contribution in [0.1, 0.15) is 6.42 Å². The Hall–Kier alpha value is -1.85. The Morgan fingerprint density at radius 3 is 2.46 bits per heavy atom. The molecule has 0 saturated carbocycles. The van der Waals surface area contributed by atoms with Crippen LogP contribution in [0.3, 0.4) is 0 Å². The van der Waals surface area contributed by atoms with Crippen molar-refractivity contribution in [2.24, 2.45) is 0 Å². The van der Waals surface area contributed by atoms with Gasteiger partial charge in [0.05, 0.1) is 0 Å². The van der Waals surface area contributed by atoms with Gasteiger partial charge in [-0.3, -0.25) is 4.79 Å². The highest BCUT2D eigenvalue weighted by atomic mass is 16.4. The van der Waals surface area contributed by atoms with E-state index in [1.54, 1.807) is 0 Å². The highest BCUT2D eigenvalue weighted by Gasteiger charge is 2.30. The van der Waals surface area contributed by atoms with Crippen molar-refractivity contribution in [1.29, 1.82) is 0 Å². The first kappa shape index (κ1) is 9.24. The second kappa shape index (κ2) is 3.26. The van der Waals surface area contributed by atoms with E-state index in [0.717, 1.165) is 0 Å². The molecule has 0 spiro atoms. The summed E-state index contributed by atoms with van der Waals surface area (Å²) >= 11 is 0. The van der Waals surface area contributed by atoms with Gasteiger partial charge in [0.1, 0.15) is 5.57 Å². The van der Waals surface area contributed by atoms with Gasteiger partial charge in [-0.05, 0) is 6.42 Å². The molecule has 0 aromatic carbocycles. The van der Waals surface area contributed by atoms with Gasteiger partial charge in [-0.2, -0.15) is 0 Å². The molecule has 0 radical (unpaired) electrons. The van der Waals surface area contributed by atoms with Crippen molar-refractivity contribution in [1.82, 2.24) is 4.90 Å². The number of nitrogens with zero attached hydrogens (tertiary/aromatic N) is 1. The van der Waals surface area contributed by atoms with Gasteiger partial charge in [0.2, 0.25) is 0 Å². The van der Waals surface area contributed by atoms with Crippen molar-refractivity contribution < 1.29 is 24.6 Å². The number of hydrogen-bond donors (Lipinski definition) is 2. The summed E-state index contributed by atoms with van der Waals surface area (Å²) in [5, 5.41) is 17.0. The number of carbonyl (C=O) groups is 3. The van der Waals surface area contributed by atoms with Crippen LogP contribution in [0, 0.1) is 0 Å². The fraction of sp³-hybridized carbons (Fsp3) is 0.286. The first-order valence-corrected chi connectivity index (χ1v) is 3.52. The minimum Gasteiger partial charge on any atom is -0.478 e. The van der Waals surface area contributed by atoms with Gasteiger partial charge in [0.25, 0.3) is 5.91 Å². The van der Waals surface area contributed by atoms with Crippen LogP contribution in [0.25, 0.3) is 0 Å². The van der Waals surface area contributed by atoms with E-state index in [9.17, 15) is 14.4 Å². The van der Waals surface area contributed by atoms with Crippen LogP contribution in [0.15, 0.2) is 11.6 Å². The van der Waals surface area contributed by atoms with Gasteiger partial charge < -0.3 is 10.2 Å². The molecule has 0 unspecified atom stereocenters. The predicted molar refractivity (Wildman–Crippen MR) is 40.1 cm³/mol. The summed E-state index contributed by atoms with van der Waals surface area (Å²) in [6, 6.07) is 0. The Morgan fingerprint density at radius 2 is 2.00 bits per heavy atom. The number of carboxylic acids is 1. The molecule has 1 aliphatic heterocycles. The Morgan fingerprint density at radius 1 is 1.38 bits per heavy atom. The number of carboxylic acid groups (broad SMARTS) is 2. The van der Waals surface area contributed by atoms with Crippen molar-refractivity contribution in [3.05, 3.63) is 11.6 Å². The Balaban J connectivity index is 2.92. The first-order valence-electron chi connectivity index (χ1n) is 3.52. The van der Waals surface area contributed by atoms with E-state index in [4.69, 9.17) is 10.2 Å². The second-order valence-electron chi connectivity index (χ2n) is 2.45. The number of amides is 2. The standard InChI is InChI=1S/C7H7NO5/c9-5-4(6(10)11)2-1-3-8(5)7(12)13/h2H,1,3H2,(H,10,11)(H,12,13). The van der Waals surface area contributed by atoms with Gasteiger partial charge in [-0.1, -0.05) is 6.08 Å². The fourth-order valence-corrected chi connectivity index (χ4v) is 1.03. The van der Waals surface area contributed by atoms with Crippen LogP contribution in [0.5, 0.6) is 0 Å². The lowest BCUT2D eigenvalue weighted by Crippen LogP contribution is -2.41. The van der Waals surface area contributed by atoms with E-state index in [0.29, 0.717) is 4.90 Å². The molecule has 2 amide bonds. The molecule has 6 nitrogen and oxygen atoms in total. The zero-order valence-electron chi connectivity index (χ0n) is 6.56. The summed E-state index contributed by atoms with van der Waals surface area (Å²) in [6.45, 7) is 0.0188. The molecule has 0 saturated heterocycles. The molecular formula is C7H7NO5. The Kier molecular flexibility index (Phi) is 2.32. The van der Waals surface area contributed by atoms with Crippen LogP contribution >= 0.6 is 0 Å². The minimum absolute atomic E-state index is 0.0188. The van der Waals surface area contributed by atoms with Crippen LogP contribution in [-0.4, -0.2) is 39.6 Å². The molecule has 0 fully saturated rings. The van der Waals surface area contributed by atoms with Gasteiger partial charge in [0.15, 0.2) is 0 Å². The van der Waals surface area contributed by atoms with E-state index < -0.39 is 23.5 Å². The molecule has 70 valence electrons. The average molecular weight is 185 g/mol. The minimum atomic E-state index is -1.42. The predicted octanol–water partition coefficient (Wildman–Crippen LogP) is -0.0923. The molecule has 1 aliphatic rings. The number of carbonyl (C=O) groups excluding carboxylic acids is 1. The Labute approximate surface area is 73.1 Å². The van der Waals surface area contributed by atoms with E-state index in [1.165, 1.54) is 6.08 Å². The molecular weight excluding hydrogens is 178 g/mol. The van der Waals surface area contributed by atoms with E-state index in [1.807, 2.05) is 0 Å². The third-order valence-corrected chi connectivity index (χ3v) is 1.64.